The maximum absolute atomic E-state index is 9.70. The van der Waals surface area contributed by atoms with Crippen LogP contribution < -0.4 is 4.90 Å². The first kappa shape index (κ1) is 12.4. The van der Waals surface area contributed by atoms with Crippen LogP contribution in [0.1, 0.15) is 37.0 Å². The molecule has 0 atom stereocenters. The highest BCUT2D eigenvalue weighted by atomic mass is 16.3. The van der Waals surface area contributed by atoms with Crippen molar-refractivity contribution >= 4 is 39.0 Å². The minimum atomic E-state index is -0.979. The van der Waals surface area contributed by atoms with Gasteiger partial charge >= 0.3 is 0 Å². The van der Waals surface area contributed by atoms with Crippen molar-refractivity contribution in [2.45, 2.75) is 0 Å². The highest BCUT2D eigenvalue weighted by Crippen LogP contribution is 2.53. The monoisotopic (exact) mass is 664 g/mol. The Morgan fingerprint density at radius 3 is 1.56 bits per heavy atom. The molecule has 0 unspecified atom stereocenters. The summed E-state index contributed by atoms with van der Waals surface area (Å²) in [6.07, 6.45) is 0. The summed E-state index contributed by atoms with van der Waals surface area (Å²) in [7, 11) is 0. The van der Waals surface area contributed by atoms with E-state index in [1.165, 1.54) is 0 Å². The highest BCUT2D eigenvalue weighted by Gasteiger charge is 2.28. The van der Waals surface area contributed by atoms with Gasteiger partial charge in [-0.15, -0.1) is 0 Å². The molecule has 234 valence electrons. The Morgan fingerprint density at radius 2 is 0.860 bits per heavy atom. The molecule has 10 rings (SSSR count). The zero-order valence-corrected chi connectivity index (χ0v) is 25.2. The fourth-order valence-electron chi connectivity index (χ4n) is 6.12. The lowest BCUT2D eigenvalue weighted by Crippen LogP contribution is -2.12. The number of hydrogen-bond acceptors (Lipinski definition) is 2. The maximum Gasteiger partial charge on any atom is 0.137 e. The quantitative estimate of drug-likeness (QED) is 0.186. The van der Waals surface area contributed by atoms with Gasteiger partial charge in [0.05, 0.1) is 53.8 Å². The number of hydrogen-bond donors (Lipinski definition) is 0. The van der Waals surface area contributed by atoms with Gasteiger partial charge in [-0.05, 0) is 86.4 Å². The van der Waals surface area contributed by atoms with Gasteiger partial charge in [0, 0.05) is 16.6 Å². The molecule has 0 spiro atoms. The van der Waals surface area contributed by atoms with E-state index in [1.54, 1.807) is 0 Å². The van der Waals surface area contributed by atoms with Crippen LogP contribution in [0.2, 0.25) is 0 Å². The summed E-state index contributed by atoms with van der Waals surface area (Å²) < 4.78 is 250. The van der Waals surface area contributed by atoms with Crippen LogP contribution >= 0.6 is 0 Å². The van der Waals surface area contributed by atoms with E-state index in [0.717, 1.165) is 29.2 Å². The third-order valence-electron chi connectivity index (χ3n) is 8.18. The van der Waals surface area contributed by atoms with Crippen molar-refractivity contribution in [3.8, 4) is 55.6 Å². The van der Waals surface area contributed by atoms with E-state index in [0.29, 0.717) is 0 Å². The Hall–Kier alpha value is -6.64. The molecule has 0 fully saturated rings. The van der Waals surface area contributed by atoms with E-state index in [4.69, 9.17) is 27.7 Å². The standard InChI is InChI=1S/C48H31NO/c1-2-14-32(15-3-1)33-28-30-34(31-29-33)49(44-25-13-27-46-48(44)42-22-10-11-26-45(42)50-46)43-24-12-23-41-39-19-7-6-18-37(39)35-16-4-5-17-36(35)38-20-8-9-21-40(38)47(41)43/h1-31H/i1D,2D,3D,4D,5D,6D,7D,8D,9D,10D,11D,12D,13D,14D,15D,16D,17D,18D,19D,20D,21D,22D,23D,26D,27D,28D,29D. The molecule has 50 heavy (non-hydrogen) atoms. The SMILES string of the molecule is [2H]c1cc(N(c2cc([2H])c(-c3c([2H])c([2H])c([2H])c([2H])c3[2H])c([2H])c2)c2cc([2H])c([2H])c3oc4c([2H])c([2H])c([2H])c([2H])c4c23)c2c(c1[2H])-c1c([2H])c([2H])c([2H])c([2H])c1-c1c([2H])c([2H])c([2H])c([2H])c1-c1c([2H])c([2H])c([2H])c([2H])c1-2. The van der Waals surface area contributed by atoms with Crippen molar-refractivity contribution in [2.24, 2.45) is 0 Å². The van der Waals surface area contributed by atoms with E-state index in [1.807, 2.05) is 0 Å². The lowest BCUT2D eigenvalue weighted by molar-refractivity contribution is 0.669. The van der Waals surface area contributed by atoms with Crippen molar-refractivity contribution in [1.29, 1.82) is 0 Å². The minimum absolute atomic E-state index is 0.376. The van der Waals surface area contributed by atoms with Gasteiger partial charge in [0.25, 0.3) is 0 Å². The molecule has 8 aromatic carbocycles. The van der Waals surface area contributed by atoms with Gasteiger partial charge < -0.3 is 9.32 Å². The Labute approximate surface area is 329 Å². The smallest absolute Gasteiger partial charge is 0.137 e. The molecule has 0 N–H and O–H groups in total. The molecule has 0 saturated carbocycles. The van der Waals surface area contributed by atoms with Gasteiger partial charge in [-0.2, -0.15) is 0 Å². The average Bonchev–Trinajstić information content (AvgIpc) is 3.92. The van der Waals surface area contributed by atoms with Crippen LogP contribution in [0.15, 0.2) is 192 Å². The Bertz CT molecular complexity index is 4190. The summed E-state index contributed by atoms with van der Waals surface area (Å²) >= 11 is 0. The number of fused-ring (bicyclic) bond motifs is 11. The summed E-state index contributed by atoms with van der Waals surface area (Å²) in [5.74, 6) is 0. The van der Waals surface area contributed by atoms with E-state index in [-0.39, 0.29) is 5.39 Å². The largest absolute Gasteiger partial charge is 0.456 e. The fraction of sp³-hybridized carbons (Fsp3) is 0. The van der Waals surface area contributed by atoms with Crippen LogP contribution in [0, 0.1) is 0 Å². The predicted molar refractivity (Wildman–Crippen MR) is 209 cm³/mol. The van der Waals surface area contributed by atoms with Crippen molar-refractivity contribution < 1.29 is 41.4 Å². The van der Waals surface area contributed by atoms with Crippen molar-refractivity contribution in [1.82, 2.24) is 0 Å². The predicted octanol–water partition coefficient (Wildman–Crippen LogP) is 13.7. The second-order valence-corrected chi connectivity index (χ2v) is 10.8. The third kappa shape index (κ3) is 4.43. The maximum atomic E-state index is 9.70. The molecule has 2 heteroatoms. The summed E-state index contributed by atoms with van der Waals surface area (Å²) in [6.45, 7) is 0. The van der Waals surface area contributed by atoms with E-state index < -0.39 is 252 Å². The lowest BCUT2D eigenvalue weighted by Gasteiger charge is -2.31. The van der Waals surface area contributed by atoms with Crippen LogP contribution in [0.4, 0.5) is 17.1 Å². The number of benzene rings is 8. The first-order valence-electron chi connectivity index (χ1n) is 28.4. The second kappa shape index (κ2) is 11.5. The van der Waals surface area contributed by atoms with Crippen molar-refractivity contribution in [2.75, 3.05) is 4.90 Å². The summed E-state index contributed by atoms with van der Waals surface area (Å²) in [5, 5.41) is -0.788. The molecule has 0 saturated heterocycles. The number of furan rings is 1. The van der Waals surface area contributed by atoms with Gasteiger partial charge in [-0.1, -0.05) is 151 Å². The first-order chi connectivity index (χ1) is 36.0. The number of para-hydroxylation sites is 1. The minimum Gasteiger partial charge on any atom is -0.456 e. The van der Waals surface area contributed by atoms with E-state index in [2.05, 4.69) is 0 Å². The van der Waals surface area contributed by atoms with Gasteiger partial charge in [0.2, 0.25) is 0 Å². The number of rotatable bonds is 4. The Balaban J connectivity index is 1.52. The van der Waals surface area contributed by atoms with Crippen LogP contribution in [0.3, 0.4) is 0 Å². The first-order valence-corrected chi connectivity index (χ1v) is 14.9. The lowest BCUT2D eigenvalue weighted by atomic mass is 9.80. The zero-order chi connectivity index (χ0) is 56.5. The molecule has 9 aromatic rings. The van der Waals surface area contributed by atoms with Crippen molar-refractivity contribution in [3.63, 3.8) is 0 Å². The Kier molecular flexibility index (Phi) is 2.84. The summed E-state index contributed by atoms with van der Waals surface area (Å²) in [5.41, 5.74) is -9.10. The van der Waals surface area contributed by atoms with E-state index >= 15 is 0 Å². The summed E-state index contributed by atoms with van der Waals surface area (Å²) in [4.78, 5) is 1.01. The molecular weight excluding hydrogens is 607 g/mol. The van der Waals surface area contributed by atoms with Gasteiger partial charge in [0.15, 0.2) is 0 Å². The van der Waals surface area contributed by atoms with Crippen LogP contribution in [0.25, 0.3) is 77.6 Å². The zero-order valence-electron chi connectivity index (χ0n) is 52.2. The van der Waals surface area contributed by atoms with E-state index in [9.17, 15) is 13.7 Å². The molecule has 0 radical (unpaired) electrons. The third-order valence-corrected chi connectivity index (χ3v) is 8.18. The molecular formula is C48H31NO. The molecule has 1 aromatic heterocycles. The molecule has 0 amide bonds. The topological polar surface area (TPSA) is 16.4 Å². The average molecular weight is 665 g/mol. The molecule has 0 bridgehead atoms. The number of nitrogens with zero attached hydrogens (tertiary/aromatic N) is 1. The van der Waals surface area contributed by atoms with Crippen molar-refractivity contribution in [3.05, 3.63) is 187 Å². The highest BCUT2D eigenvalue weighted by molar-refractivity contribution is 6.15. The number of anilines is 3. The fourth-order valence-corrected chi connectivity index (χ4v) is 6.12. The van der Waals surface area contributed by atoms with Crippen LogP contribution in [0.5, 0.6) is 0 Å². The second-order valence-electron chi connectivity index (χ2n) is 10.8. The molecule has 2 nitrogen and oxygen atoms in total. The molecule has 0 aliphatic heterocycles. The normalized spacial score (nSPS) is 19.2. The van der Waals surface area contributed by atoms with Crippen LogP contribution in [-0.2, 0) is 0 Å². The van der Waals surface area contributed by atoms with Gasteiger partial charge in [-0.25, -0.2) is 0 Å². The summed E-state index contributed by atoms with van der Waals surface area (Å²) in [6, 6.07) is -19.1. The van der Waals surface area contributed by atoms with Gasteiger partial charge in [-0.3, -0.25) is 0 Å². The molecule has 1 aliphatic carbocycles. The Morgan fingerprint density at radius 1 is 0.380 bits per heavy atom. The van der Waals surface area contributed by atoms with Crippen LogP contribution in [-0.4, -0.2) is 0 Å². The molecule has 1 heterocycles. The molecule has 1 aliphatic rings. The van der Waals surface area contributed by atoms with Gasteiger partial charge in [0.1, 0.15) is 11.2 Å².